The Morgan fingerprint density at radius 2 is 1.64 bits per heavy atom. The lowest BCUT2D eigenvalue weighted by molar-refractivity contribution is -0.119. The number of rotatable bonds is 9. The Bertz CT molecular complexity index is 136. The molecule has 0 atom stereocenters. The molecule has 0 amide bonds. The van der Waals surface area contributed by atoms with E-state index in [-0.39, 0.29) is 0 Å². The quantitative estimate of drug-likeness (QED) is 0.503. The van der Waals surface area contributed by atoms with Crippen molar-refractivity contribution < 1.29 is 4.79 Å². The molecule has 1 nitrogen and oxygen atoms in total. The molecule has 0 aromatic carbocycles. The van der Waals surface area contributed by atoms with E-state index in [1.54, 1.807) is 0 Å². The van der Waals surface area contributed by atoms with Gasteiger partial charge in [0.05, 0.1) is 0 Å². The summed E-state index contributed by atoms with van der Waals surface area (Å²) >= 11 is 0. The number of carbonyl (C=O) groups excluding carboxylic acids is 1. The normalized spacial score (nSPS) is 10.9. The van der Waals surface area contributed by atoms with Crippen LogP contribution in [-0.2, 0) is 4.79 Å². The maximum absolute atomic E-state index is 11.2. The van der Waals surface area contributed by atoms with E-state index in [9.17, 15) is 4.79 Å². The minimum Gasteiger partial charge on any atom is -0.300 e. The van der Waals surface area contributed by atoms with Gasteiger partial charge in [-0.3, -0.25) is 4.79 Å². The van der Waals surface area contributed by atoms with Crippen LogP contribution in [0.1, 0.15) is 72.1 Å². The molecular weight excluding hydrogens is 172 g/mol. The highest BCUT2D eigenvalue weighted by Crippen LogP contribution is 2.16. The molecule has 0 aliphatic heterocycles. The zero-order valence-corrected chi connectivity index (χ0v) is 10.1. The second-order valence-corrected chi connectivity index (χ2v) is 4.22. The van der Waals surface area contributed by atoms with Gasteiger partial charge in [0.1, 0.15) is 5.78 Å². The monoisotopic (exact) mass is 198 g/mol. The van der Waals surface area contributed by atoms with Gasteiger partial charge in [0.15, 0.2) is 0 Å². The van der Waals surface area contributed by atoms with Crippen molar-refractivity contribution >= 4 is 5.78 Å². The fourth-order valence-corrected chi connectivity index (χ4v) is 1.86. The first kappa shape index (κ1) is 13.7. The first-order valence-corrected chi connectivity index (χ1v) is 6.26. The van der Waals surface area contributed by atoms with Crippen LogP contribution in [0.4, 0.5) is 0 Å². The maximum atomic E-state index is 11.2. The zero-order valence-electron chi connectivity index (χ0n) is 10.1. The third-order valence-electron chi connectivity index (χ3n) is 3.00. The van der Waals surface area contributed by atoms with E-state index in [0.717, 1.165) is 31.6 Å². The summed E-state index contributed by atoms with van der Waals surface area (Å²) in [6, 6.07) is 0. The minimum absolute atomic E-state index is 0.456. The van der Waals surface area contributed by atoms with Crippen LogP contribution in [0.15, 0.2) is 0 Å². The second kappa shape index (κ2) is 9.23. The number of hydrogen-bond acceptors (Lipinski definition) is 1. The number of unbranched alkanes of at least 4 members (excludes halogenated alkanes) is 1. The highest BCUT2D eigenvalue weighted by atomic mass is 16.1. The van der Waals surface area contributed by atoms with Crippen molar-refractivity contribution in [1.82, 2.24) is 0 Å². The average molecular weight is 198 g/mol. The zero-order chi connectivity index (χ0) is 10.8. The third kappa shape index (κ3) is 7.11. The van der Waals surface area contributed by atoms with Gasteiger partial charge in [-0.25, -0.2) is 0 Å². The standard InChI is InChI=1S/C13H26O/c1-4-9-13(14)11-8-7-10-12(5-2)6-3/h12H,4-11H2,1-3H3. The summed E-state index contributed by atoms with van der Waals surface area (Å²) < 4.78 is 0. The highest BCUT2D eigenvalue weighted by Gasteiger charge is 2.04. The van der Waals surface area contributed by atoms with E-state index in [0.29, 0.717) is 5.78 Å². The first-order chi connectivity index (χ1) is 6.74. The average Bonchev–Trinajstić information content (AvgIpc) is 2.19. The smallest absolute Gasteiger partial charge is 0.132 e. The lowest BCUT2D eigenvalue weighted by Crippen LogP contribution is -1.99. The summed E-state index contributed by atoms with van der Waals surface area (Å²) in [7, 11) is 0. The van der Waals surface area contributed by atoms with Crippen LogP contribution in [0, 0.1) is 5.92 Å². The molecule has 0 heterocycles. The van der Waals surface area contributed by atoms with Gasteiger partial charge in [-0.1, -0.05) is 46.5 Å². The molecule has 0 aromatic rings. The number of Topliss-reactive ketones (excluding diaryl/α,β-unsaturated/α-hetero) is 1. The minimum atomic E-state index is 0.456. The molecule has 0 aliphatic carbocycles. The molecule has 0 N–H and O–H groups in total. The molecule has 0 saturated heterocycles. The Labute approximate surface area is 89.3 Å². The Kier molecular flexibility index (Phi) is 9.02. The number of hydrogen-bond donors (Lipinski definition) is 0. The molecule has 14 heavy (non-hydrogen) atoms. The predicted molar refractivity (Wildman–Crippen MR) is 62.5 cm³/mol. The van der Waals surface area contributed by atoms with Crippen LogP contribution in [0.3, 0.4) is 0 Å². The topological polar surface area (TPSA) is 17.1 Å². The molecule has 0 saturated carbocycles. The molecule has 0 rings (SSSR count). The molecule has 0 aromatic heterocycles. The Morgan fingerprint density at radius 1 is 1.00 bits per heavy atom. The largest absolute Gasteiger partial charge is 0.300 e. The van der Waals surface area contributed by atoms with E-state index in [2.05, 4.69) is 20.8 Å². The van der Waals surface area contributed by atoms with Gasteiger partial charge < -0.3 is 0 Å². The highest BCUT2D eigenvalue weighted by molar-refractivity contribution is 5.78. The van der Waals surface area contributed by atoms with Crippen molar-refractivity contribution in [2.75, 3.05) is 0 Å². The molecule has 0 radical (unpaired) electrons. The van der Waals surface area contributed by atoms with Gasteiger partial charge in [-0.05, 0) is 18.8 Å². The fourth-order valence-electron chi connectivity index (χ4n) is 1.86. The molecule has 0 aliphatic rings. The van der Waals surface area contributed by atoms with E-state index >= 15 is 0 Å². The van der Waals surface area contributed by atoms with Crippen molar-refractivity contribution in [1.29, 1.82) is 0 Å². The van der Waals surface area contributed by atoms with Crippen LogP contribution < -0.4 is 0 Å². The molecule has 0 bridgehead atoms. The van der Waals surface area contributed by atoms with Gasteiger partial charge in [-0.15, -0.1) is 0 Å². The Balaban J connectivity index is 3.32. The van der Waals surface area contributed by atoms with Gasteiger partial charge in [0.25, 0.3) is 0 Å². The van der Waals surface area contributed by atoms with Crippen LogP contribution in [0.2, 0.25) is 0 Å². The molecule has 84 valence electrons. The van der Waals surface area contributed by atoms with Gasteiger partial charge in [-0.2, -0.15) is 0 Å². The SMILES string of the molecule is CCCC(=O)CCCCC(CC)CC. The van der Waals surface area contributed by atoms with E-state index in [1.165, 1.54) is 25.7 Å². The van der Waals surface area contributed by atoms with Crippen LogP contribution in [-0.4, -0.2) is 5.78 Å². The van der Waals surface area contributed by atoms with E-state index in [4.69, 9.17) is 0 Å². The first-order valence-electron chi connectivity index (χ1n) is 6.26. The van der Waals surface area contributed by atoms with E-state index in [1.807, 2.05) is 0 Å². The van der Waals surface area contributed by atoms with Crippen molar-refractivity contribution in [2.45, 2.75) is 72.1 Å². The molecule has 0 unspecified atom stereocenters. The summed E-state index contributed by atoms with van der Waals surface area (Å²) in [4.78, 5) is 11.2. The summed E-state index contributed by atoms with van der Waals surface area (Å²) in [5.41, 5.74) is 0. The fraction of sp³-hybridized carbons (Fsp3) is 0.923. The lowest BCUT2D eigenvalue weighted by atomic mass is 9.95. The summed E-state index contributed by atoms with van der Waals surface area (Å²) in [5, 5.41) is 0. The van der Waals surface area contributed by atoms with Crippen LogP contribution in [0.25, 0.3) is 0 Å². The number of carbonyl (C=O) groups is 1. The van der Waals surface area contributed by atoms with Crippen molar-refractivity contribution in [3.63, 3.8) is 0 Å². The predicted octanol–water partition coefficient (Wildman–Crippen LogP) is 4.35. The summed E-state index contributed by atoms with van der Waals surface area (Å²) in [6.07, 6.45) is 8.84. The summed E-state index contributed by atoms with van der Waals surface area (Å²) in [5.74, 6) is 1.34. The van der Waals surface area contributed by atoms with E-state index < -0.39 is 0 Å². The number of ketones is 1. The third-order valence-corrected chi connectivity index (χ3v) is 3.00. The Morgan fingerprint density at radius 3 is 2.14 bits per heavy atom. The van der Waals surface area contributed by atoms with Gasteiger partial charge >= 0.3 is 0 Å². The van der Waals surface area contributed by atoms with Crippen LogP contribution >= 0.6 is 0 Å². The molecule has 1 heteroatoms. The van der Waals surface area contributed by atoms with Gasteiger partial charge in [0.2, 0.25) is 0 Å². The molecule has 0 fully saturated rings. The molecular formula is C13H26O. The lowest BCUT2D eigenvalue weighted by Gasteiger charge is -2.10. The van der Waals surface area contributed by atoms with Gasteiger partial charge in [0, 0.05) is 12.8 Å². The van der Waals surface area contributed by atoms with Crippen LogP contribution in [0.5, 0.6) is 0 Å². The Hall–Kier alpha value is -0.330. The maximum Gasteiger partial charge on any atom is 0.132 e. The van der Waals surface area contributed by atoms with Crippen molar-refractivity contribution in [3.05, 3.63) is 0 Å². The second-order valence-electron chi connectivity index (χ2n) is 4.22. The van der Waals surface area contributed by atoms with Crippen molar-refractivity contribution in [2.24, 2.45) is 5.92 Å². The van der Waals surface area contributed by atoms with Crippen molar-refractivity contribution in [3.8, 4) is 0 Å². The summed E-state index contributed by atoms with van der Waals surface area (Å²) in [6.45, 7) is 6.59. The molecule has 0 spiro atoms.